The highest BCUT2D eigenvalue weighted by Crippen LogP contribution is 2.17. The van der Waals surface area contributed by atoms with E-state index in [2.05, 4.69) is 26.2 Å². The first kappa shape index (κ1) is 16.4. The minimum atomic E-state index is -0.205. The minimum Gasteiger partial charge on any atom is -0.379 e. The van der Waals surface area contributed by atoms with Gasteiger partial charge in [0.2, 0.25) is 0 Å². The number of hydrogen-bond acceptors (Lipinski definition) is 3. The predicted octanol–water partition coefficient (Wildman–Crippen LogP) is 3.43. The molecule has 4 nitrogen and oxygen atoms in total. The Morgan fingerprint density at radius 3 is 2.95 bits per heavy atom. The molecule has 0 aliphatic heterocycles. The molecule has 6 heteroatoms. The molecular weight excluding hydrogens is 332 g/mol. The fourth-order valence-electron chi connectivity index (χ4n) is 1.43. The third kappa shape index (κ3) is 6.36. The van der Waals surface area contributed by atoms with Gasteiger partial charge in [-0.3, -0.25) is 4.79 Å². The normalized spacial score (nSPS) is 10.8. The van der Waals surface area contributed by atoms with Gasteiger partial charge in [0.1, 0.15) is 5.15 Å². The zero-order valence-corrected chi connectivity index (χ0v) is 13.4. The van der Waals surface area contributed by atoms with Crippen LogP contribution in [-0.4, -0.2) is 30.1 Å². The van der Waals surface area contributed by atoms with Crippen LogP contribution in [0, 0.1) is 0 Å². The third-order valence-electron chi connectivity index (χ3n) is 2.36. The van der Waals surface area contributed by atoms with E-state index < -0.39 is 0 Å². The number of nitrogens with one attached hydrogen (secondary N) is 1. The molecule has 0 aromatic carbocycles. The van der Waals surface area contributed by atoms with Crippen LogP contribution in [0.3, 0.4) is 0 Å². The summed E-state index contributed by atoms with van der Waals surface area (Å²) in [7, 11) is 0. The Morgan fingerprint density at radius 2 is 2.26 bits per heavy atom. The number of ether oxygens (including phenoxy) is 1. The van der Waals surface area contributed by atoms with Crippen molar-refractivity contribution in [3.8, 4) is 0 Å². The molecule has 1 aromatic heterocycles. The van der Waals surface area contributed by atoms with Crippen molar-refractivity contribution in [3.05, 3.63) is 27.5 Å². The molecule has 0 bridgehead atoms. The maximum Gasteiger partial charge on any atom is 0.254 e. The van der Waals surface area contributed by atoms with E-state index in [9.17, 15) is 4.79 Å². The molecule has 0 radical (unpaired) electrons. The SMILES string of the molecule is CC(C)OCCCCNC(=O)c1cc(Br)cnc1Cl. The average molecular weight is 350 g/mol. The Kier molecular flexibility index (Phi) is 7.34. The fraction of sp³-hybridized carbons (Fsp3) is 0.538. The van der Waals surface area contributed by atoms with Gasteiger partial charge in [0.15, 0.2) is 0 Å². The molecule has 1 N–H and O–H groups in total. The quantitative estimate of drug-likeness (QED) is 0.606. The topological polar surface area (TPSA) is 51.2 Å². The van der Waals surface area contributed by atoms with Crippen molar-refractivity contribution in [2.75, 3.05) is 13.2 Å². The Hall–Kier alpha value is -0.650. The smallest absolute Gasteiger partial charge is 0.254 e. The first-order chi connectivity index (χ1) is 9.00. The van der Waals surface area contributed by atoms with Crippen LogP contribution in [0.1, 0.15) is 37.0 Å². The molecule has 0 saturated heterocycles. The molecule has 1 rings (SSSR count). The summed E-state index contributed by atoms with van der Waals surface area (Å²) in [5.41, 5.74) is 0.384. The van der Waals surface area contributed by atoms with Gasteiger partial charge in [-0.2, -0.15) is 0 Å². The average Bonchev–Trinajstić information content (AvgIpc) is 2.36. The van der Waals surface area contributed by atoms with E-state index >= 15 is 0 Å². The standard InChI is InChI=1S/C13H18BrClN2O2/c1-9(2)19-6-4-3-5-16-13(18)11-7-10(14)8-17-12(11)15/h7-9H,3-6H2,1-2H3,(H,16,18). The van der Waals surface area contributed by atoms with Crippen LogP contribution < -0.4 is 5.32 Å². The minimum absolute atomic E-state index is 0.205. The zero-order chi connectivity index (χ0) is 14.3. The van der Waals surface area contributed by atoms with Crippen molar-refractivity contribution in [2.45, 2.75) is 32.8 Å². The van der Waals surface area contributed by atoms with Gasteiger partial charge in [0, 0.05) is 23.8 Å². The van der Waals surface area contributed by atoms with E-state index in [-0.39, 0.29) is 17.2 Å². The maximum atomic E-state index is 11.9. The second-order valence-corrected chi connectivity index (χ2v) is 5.65. The summed E-state index contributed by atoms with van der Waals surface area (Å²) >= 11 is 9.14. The number of nitrogens with zero attached hydrogens (tertiary/aromatic N) is 1. The second kappa shape index (κ2) is 8.51. The fourth-order valence-corrected chi connectivity index (χ4v) is 1.95. The van der Waals surface area contributed by atoms with Crippen LogP contribution in [-0.2, 0) is 4.74 Å². The first-order valence-corrected chi connectivity index (χ1v) is 7.38. The summed E-state index contributed by atoms with van der Waals surface area (Å²) in [6.07, 6.45) is 3.60. The molecule has 106 valence electrons. The van der Waals surface area contributed by atoms with E-state index in [1.54, 1.807) is 12.3 Å². The summed E-state index contributed by atoms with van der Waals surface area (Å²) in [6.45, 7) is 5.32. The molecule has 0 atom stereocenters. The van der Waals surface area contributed by atoms with E-state index in [4.69, 9.17) is 16.3 Å². The molecule has 0 fully saturated rings. The Bertz CT molecular complexity index is 427. The number of carbonyl (C=O) groups excluding carboxylic acids is 1. The number of aromatic nitrogens is 1. The Balaban J connectivity index is 2.29. The molecule has 0 saturated carbocycles. The Labute approximate surface area is 127 Å². The molecule has 0 spiro atoms. The summed E-state index contributed by atoms with van der Waals surface area (Å²) < 4.78 is 6.15. The predicted molar refractivity (Wildman–Crippen MR) is 79.6 cm³/mol. The lowest BCUT2D eigenvalue weighted by molar-refractivity contribution is 0.0754. The molecule has 0 aliphatic rings. The lowest BCUT2D eigenvalue weighted by Crippen LogP contribution is -2.25. The monoisotopic (exact) mass is 348 g/mol. The van der Waals surface area contributed by atoms with Gasteiger partial charge in [0.25, 0.3) is 5.91 Å². The summed E-state index contributed by atoms with van der Waals surface area (Å²) in [5.74, 6) is -0.205. The highest BCUT2D eigenvalue weighted by Gasteiger charge is 2.11. The highest BCUT2D eigenvalue weighted by atomic mass is 79.9. The van der Waals surface area contributed by atoms with E-state index in [0.717, 1.165) is 17.3 Å². The van der Waals surface area contributed by atoms with E-state index in [1.807, 2.05) is 13.8 Å². The number of amides is 1. The number of hydrogen-bond donors (Lipinski definition) is 1. The van der Waals surface area contributed by atoms with Gasteiger partial charge in [-0.25, -0.2) is 4.98 Å². The largest absolute Gasteiger partial charge is 0.379 e. The van der Waals surface area contributed by atoms with Crippen LogP contribution in [0.5, 0.6) is 0 Å². The van der Waals surface area contributed by atoms with E-state index in [1.165, 1.54) is 0 Å². The van der Waals surface area contributed by atoms with Gasteiger partial charge in [-0.1, -0.05) is 11.6 Å². The Morgan fingerprint density at radius 1 is 1.53 bits per heavy atom. The van der Waals surface area contributed by atoms with Crippen LogP contribution in [0.4, 0.5) is 0 Å². The van der Waals surface area contributed by atoms with Crippen LogP contribution in [0.2, 0.25) is 5.15 Å². The van der Waals surface area contributed by atoms with Crippen LogP contribution >= 0.6 is 27.5 Å². The molecule has 1 heterocycles. The molecule has 0 unspecified atom stereocenters. The van der Waals surface area contributed by atoms with Crippen LogP contribution in [0.25, 0.3) is 0 Å². The molecule has 0 aliphatic carbocycles. The summed E-state index contributed by atoms with van der Waals surface area (Å²) in [6, 6.07) is 1.66. The van der Waals surface area contributed by atoms with Crippen molar-refractivity contribution < 1.29 is 9.53 Å². The molecule has 1 amide bonds. The lowest BCUT2D eigenvalue weighted by atomic mass is 10.2. The van der Waals surface area contributed by atoms with Gasteiger partial charge < -0.3 is 10.1 Å². The molecule has 1 aromatic rings. The first-order valence-electron chi connectivity index (χ1n) is 6.21. The highest BCUT2D eigenvalue weighted by molar-refractivity contribution is 9.10. The second-order valence-electron chi connectivity index (χ2n) is 4.37. The van der Waals surface area contributed by atoms with Crippen molar-refractivity contribution in [1.29, 1.82) is 0 Å². The van der Waals surface area contributed by atoms with Gasteiger partial charge in [-0.15, -0.1) is 0 Å². The summed E-state index contributed by atoms with van der Waals surface area (Å²) in [5, 5.41) is 3.03. The van der Waals surface area contributed by atoms with Crippen molar-refractivity contribution in [2.24, 2.45) is 0 Å². The zero-order valence-electron chi connectivity index (χ0n) is 11.1. The third-order valence-corrected chi connectivity index (χ3v) is 3.09. The van der Waals surface area contributed by atoms with Gasteiger partial charge >= 0.3 is 0 Å². The number of rotatable bonds is 7. The molecular formula is C13H18BrClN2O2. The number of carbonyl (C=O) groups is 1. The maximum absolute atomic E-state index is 11.9. The van der Waals surface area contributed by atoms with Crippen molar-refractivity contribution in [3.63, 3.8) is 0 Å². The molecule has 19 heavy (non-hydrogen) atoms. The van der Waals surface area contributed by atoms with Gasteiger partial charge in [0.05, 0.1) is 11.7 Å². The summed E-state index contributed by atoms with van der Waals surface area (Å²) in [4.78, 5) is 15.8. The van der Waals surface area contributed by atoms with Crippen molar-refractivity contribution in [1.82, 2.24) is 10.3 Å². The van der Waals surface area contributed by atoms with E-state index in [0.29, 0.717) is 18.7 Å². The number of pyridine rings is 1. The number of unbranched alkanes of at least 4 members (excludes halogenated alkanes) is 1. The van der Waals surface area contributed by atoms with Gasteiger partial charge in [-0.05, 0) is 48.7 Å². The van der Waals surface area contributed by atoms with Crippen molar-refractivity contribution >= 4 is 33.4 Å². The van der Waals surface area contributed by atoms with Crippen LogP contribution in [0.15, 0.2) is 16.7 Å². The number of halogens is 2. The lowest BCUT2D eigenvalue weighted by Gasteiger charge is -2.08.